The van der Waals surface area contributed by atoms with Gasteiger partial charge in [0.25, 0.3) is 0 Å². The Hall–Kier alpha value is -1.09. The first-order valence-corrected chi connectivity index (χ1v) is 5.77. The highest BCUT2D eigenvalue weighted by molar-refractivity contribution is 9.10. The first-order valence-electron chi connectivity index (χ1n) is 4.98. The second-order valence-corrected chi connectivity index (χ2v) is 4.62. The third-order valence-electron chi connectivity index (χ3n) is 2.30. The summed E-state index contributed by atoms with van der Waals surface area (Å²) in [5, 5.41) is 0. The summed E-state index contributed by atoms with van der Waals surface area (Å²) in [5.41, 5.74) is 1.14. The van der Waals surface area contributed by atoms with Crippen LogP contribution in [0.2, 0.25) is 0 Å². The van der Waals surface area contributed by atoms with E-state index in [0.717, 1.165) is 16.0 Å². The van der Waals surface area contributed by atoms with Gasteiger partial charge in [0.2, 0.25) is 0 Å². The summed E-state index contributed by atoms with van der Waals surface area (Å²) in [6.07, 6.45) is 3.84. The molecule has 0 aliphatic carbocycles. The highest BCUT2D eigenvalue weighted by Crippen LogP contribution is 2.24. The molecule has 3 heteroatoms. The Labute approximate surface area is 98.1 Å². The minimum Gasteiger partial charge on any atom is -0.302 e. The molecule has 1 heterocycles. The molecule has 0 unspecified atom stereocenters. The first kappa shape index (κ1) is 10.4. The van der Waals surface area contributed by atoms with Crippen molar-refractivity contribution in [3.05, 3.63) is 47.0 Å². The number of hydrogen-bond acceptors (Lipinski definition) is 1. The molecule has 1 aromatic heterocycles. The number of nitrogens with zero attached hydrogens (tertiary/aromatic N) is 2. The number of halogens is 1. The summed E-state index contributed by atoms with van der Waals surface area (Å²) in [6, 6.07) is 8.17. The molecule has 0 fully saturated rings. The Kier molecular flexibility index (Phi) is 2.91. The van der Waals surface area contributed by atoms with Crippen molar-refractivity contribution in [2.24, 2.45) is 0 Å². The van der Waals surface area contributed by atoms with E-state index < -0.39 is 0 Å². The molecule has 0 amide bonds. The zero-order valence-corrected chi connectivity index (χ0v) is 10.4. The summed E-state index contributed by atoms with van der Waals surface area (Å²) in [7, 11) is 0. The molecule has 2 rings (SSSR count). The molecule has 0 atom stereocenters. The Bertz CT molecular complexity index is 460. The highest BCUT2D eigenvalue weighted by Gasteiger charge is 2.10. The maximum Gasteiger partial charge on any atom is 0.115 e. The topological polar surface area (TPSA) is 17.8 Å². The Morgan fingerprint density at radius 1 is 1.27 bits per heavy atom. The van der Waals surface area contributed by atoms with Gasteiger partial charge in [-0.25, -0.2) is 4.98 Å². The maximum atomic E-state index is 4.38. The van der Waals surface area contributed by atoms with Crippen LogP contribution < -0.4 is 0 Å². The van der Waals surface area contributed by atoms with Crippen LogP contribution in [-0.2, 0) is 0 Å². The fraction of sp³-hybridized carbons (Fsp3) is 0.250. The molecule has 0 aliphatic rings. The predicted molar refractivity (Wildman–Crippen MR) is 65.4 cm³/mol. The van der Waals surface area contributed by atoms with Gasteiger partial charge in [0, 0.05) is 22.8 Å². The average Bonchev–Trinajstić information content (AvgIpc) is 2.67. The second kappa shape index (κ2) is 4.19. The molecular weight excluding hydrogens is 252 g/mol. The largest absolute Gasteiger partial charge is 0.302 e. The number of benzene rings is 1. The highest BCUT2D eigenvalue weighted by atomic mass is 79.9. The van der Waals surface area contributed by atoms with E-state index in [2.05, 4.69) is 45.4 Å². The van der Waals surface area contributed by atoms with Gasteiger partial charge >= 0.3 is 0 Å². The van der Waals surface area contributed by atoms with Crippen LogP contribution in [0.4, 0.5) is 0 Å². The normalized spacial score (nSPS) is 10.9. The molecular formula is C12H13BrN2. The summed E-state index contributed by atoms with van der Waals surface area (Å²) in [4.78, 5) is 4.38. The molecule has 2 nitrogen and oxygen atoms in total. The van der Waals surface area contributed by atoms with Gasteiger partial charge < -0.3 is 4.57 Å². The fourth-order valence-corrected chi connectivity index (χ4v) is 2.07. The van der Waals surface area contributed by atoms with Crippen molar-refractivity contribution in [1.29, 1.82) is 0 Å². The van der Waals surface area contributed by atoms with Crippen LogP contribution in [-0.4, -0.2) is 9.55 Å². The van der Waals surface area contributed by atoms with Gasteiger partial charge in [0.1, 0.15) is 5.82 Å². The van der Waals surface area contributed by atoms with E-state index in [1.807, 2.05) is 30.6 Å². The second-order valence-electron chi connectivity index (χ2n) is 3.76. The van der Waals surface area contributed by atoms with Crippen LogP contribution in [0.3, 0.4) is 0 Å². The lowest BCUT2D eigenvalue weighted by Gasteiger charge is -2.11. The number of para-hydroxylation sites is 1. The number of hydrogen-bond donors (Lipinski definition) is 0. The van der Waals surface area contributed by atoms with Crippen LogP contribution in [0, 0.1) is 0 Å². The van der Waals surface area contributed by atoms with Crippen molar-refractivity contribution in [3.63, 3.8) is 0 Å². The van der Waals surface area contributed by atoms with E-state index in [1.54, 1.807) is 0 Å². The molecule has 1 aromatic carbocycles. The summed E-state index contributed by atoms with van der Waals surface area (Å²) in [5.74, 6) is 1.51. The van der Waals surface area contributed by atoms with Crippen molar-refractivity contribution < 1.29 is 0 Å². The monoisotopic (exact) mass is 264 g/mol. The lowest BCUT2D eigenvalue weighted by molar-refractivity contribution is 0.751. The van der Waals surface area contributed by atoms with Crippen molar-refractivity contribution >= 4 is 15.9 Å². The number of rotatable bonds is 2. The third-order valence-corrected chi connectivity index (χ3v) is 2.97. The summed E-state index contributed by atoms with van der Waals surface area (Å²) in [6.45, 7) is 4.30. The van der Waals surface area contributed by atoms with Gasteiger partial charge in [-0.1, -0.05) is 26.0 Å². The Morgan fingerprint density at radius 3 is 2.67 bits per heavy atom. The maximum absolute atomic E-state index is 4.38. The van der Waals surface area contributed by atoms with Gasteiger partial charge in [-0.05, 0) is 28.1 Å². The first-order chi connectivity index (χ1) is 7.20. The van der Waals surface area contributed by atoms with Gasteiger partial charge in [-0.3, -0.25) is 0 Å². The number of aromatic nitrogens is 2. The molecule has 0 radical (unpaired) electrons. The fourth-order valence-electron chi connectivity index (χ4n) is 1.59. The lowest BCUT2D eigenvalue weighted by atomic mass is 10.2. The predicted octanol–water partition coefficient (Wildman–Crippen LogP) is 3.76. The summed E-state index contributed by atoms with van der Waals surface area (Å²) < 4.78 is 3.21. The van der Waals surface area contributed by atoms with E-state index in [9.17, 15) is 0 Å². The van der Waals surface area contributed by atoms with Gasteiger partial charge in [0.15, 0.2) is 0 Å². The quantitative estimate of drug-likeness (QED) is 0.808. The average molecular weight is 265 g/mol. The van der Waals surface area contributed by atoms with Crippen LogP contribution in [0.15, 0.2) is 41.1 Å². The molecule has 0 N–H and O–H groups in total. The van der Waals surface area contributed by atoms with Crippen LogP contribution >= 0.6 is 15.9 Å². The number of imidazole rings is 1. The van der Waals surface area contributed by atoms with Crippen molar-refractivity contribution in [2.75, 3.05) is 0 Å². The molecule has 15 heavy (non-hydrogen) atoms. The van der Waals surface area contributed by atoms with Crippen molar-refractivity contribution in [2.45, 2.75) is 19.8 Å². The van der Waals surface area contributed by atoms with Gasteiger partial charge in [0.05, 0.1) is 5.69 Å². The summed E-state index contributed by atoms with van der Waals surface area (Å²) >= 11 is 3.55. The Balaban J connectivity index is 2.55. The molecule has 0 saturated carbocycles. The standard InChI is InChI=1S/C12H13BrN2/c1-9(2)12-14-7-8-15(12)11-6-4-3-5-10(11)13/h3-9H,1-2H3. The molecule has 0 aliphatic heterocycles. The van der Waals surface area contributed by atoms with E-state index in [4.69, 9.17) is 0 Å². The van der Waals surface area contributed by atoms with E-state index in [1.165, 1.54) is 0 Å². The minimum absolute atomic E-state index is 0.423. The zero-order chi connectivity index (χ0) is 10.8. The SMILES string of the molecule is CC(C)c1nccn1-c1ccccc1Br. The van der Waals surface area contributed by atoms with Gasteiger partial charge in [-0.2, -0.15) is 0 Å². The van der Waals surface area contributed by atoms with Crippen molar-refractivity contribution in [3.8, 4) is 5.69 Å². The van der Waals surface area contributed by atoms with Crippen molar-refractivity contribution in [1.82, 2.24) is 9.55 Å². The Morgan fingerprint density at radius 2 is 2.00 bits per heavy atom. The van der Waals surface area contributed by atoms with Gasteiger partial charge in [-0.15, -0.1) is 0 Å². The van der Waals surface area contributed by atoms with E-state index in [0.29, 0.717) is 5.92 Å². The van der Waals surface area contributed by atoms with Crippen LogP contribution in [0.25, 0.3) is 5.69 Å². The lowest BCUT2D eigenvalue weighted by Crippen LogP contribution is -2.02. The van der Waals surface area contributed by atoms with Crippen LogP contribution in [0.1, 0.15) is 25.6 Å². The molecule has 0 spiro atoms. The molecule has 78 valence electrons. The third kappa shape index (κ3) is 1.97. The van der Waals surface area contributed by atoms with E-state index in [-0.39, 0.29) is 0 Å². The molecule has 0 saturated heterocycles. The molecule has 2 aromatic rings. The zero-order valence-electron chi connectivity index (χ0n) is 8.81. The molecule has 0 bridgehead atoms. The smallest absolute Gasteiger partial charge is 0.115 e. The van der Waals surface area contributed by atoms with E-state index >= 15 is 0 Å². The minimum atomic E-state index is 0.423. The van der Waals surface area contributed by atoms with Crippen LogP contribution in [0.5, 0.6) is 0 Å².